The second kappa shape index (κ2) is 9.10. The van der Waals surface area contributed by atoms with Crippen LogP contribution in [0.3, 0.4) is 0 Å². The number of urea groups is 1. The first-order chi connectivity index (χ1) is 14.4. The molecule has 2 aromatic rings. The van der Waals surface area contributed by atoms with E-state index in [1.54, 1.807) is 0 Å². The first-order valence-corrected chi connectivity index (χ1v) is 11.7. The Morgan fingerprint density at radius 2 is 1.83 bits per heavy atom. The van der Waals surface area contributed by atoms with Gasteiger partial charge in [0.2, 0.25) is 0 Å². The van der Waals surface area contributed by atoms with E-state index >= 15 is 0 Å². The molecule has 6 nitrogen and oxygen atoms in total. The summed E-state index contributed by atoms with van der Waals surface area (Å²) in [6.07, 6.45) is 3.65. The van der Waals surface area contributed by atoms with Crippen molar-refractivity contribution >= 4 is 22.0 Å². The number of aryl methyl sites for hydroxylation is 2. The van der Waals surface area contributed by atoms with E-state index in [-0.39, 0.29) is 12.1 Å². The third-order valence-electron chi connectivity index (χ3n) is 6.83. The standard InChI is InChI=1S/C23H32BrN5O/c1-16-21(17(2)27(3)26-16)15-28-11-13-29(14-12-28)23(30)25-22(18-5-4-6-18)19-7-9-20(24)10-8-19/h7-10,18,22H,4-6,11-15H2,1-3H3,(H,25,30). The van der Waals surface area contributed by atoms with Crippen molar-refractivity contribution in [2.24, 2.45) is 13.0 Å². The van der Waals surface area contributed by atoms with Crippen LogP contribution in [0.15, 0.2) is 28.7 Å². The second-order valence-electron chi connectivity index (χ2n) is 8.71. The van der Waals surface area contributed by atoms with Crippen LogP contribution < -0.4 is 5.32 Å². The molecule has 7 heteroatoms. The molecule has 1 N–H and O–H groups in total. The molecule has 1 aromatic carbocycles. The van der Waals surface area contributed by atoms with E-state index in [1.807, 2.05) is 16.6 Å². The van der Waals surface area contributed by atoms with Gasteiger partial charge >= 0.3 is 6.03 Å². The van der Waals surface area contributed by atoms with Crippen LogP contribution in [0, 0.1) is 19.8 Å². The van der Waals surface area contributed by atoms with Gasteiger partial charge in [-0.15, -0.1) is 0 Å². The van der Waals surface area contributed by atoms with Crippen molar-refractivity contribution in [3.63, 3.8) is 0 Å². The van der Waals surface area contributed by atoms with E-state index < -0.39 is 0 Å². The van der Waals surface area contributed by atoms with Gasteiger partial charge in [-0.2, -0.15) is 5.10 Å². The highest BCUT2D eigenvalue weighted by atomic mass is 79.9. The van der Waals surface area contributed by atoms with Crippen LogP contribution in [-0.2, 0) is 13.6 Å². The van der Waals surface area contributed by atoms with Crippen LogP contribution in [0.5, 0.6) is 0 Å². The van der Waals surface area contributed by atoms with Gasteiger partial charge in [0.25, 0.3) is 0 Å². The van der Waals surface area contributed by atoms with E-state index in [4.69, 9.17) is 0 Å². The van der Waals surface area contributed by atoms with Crippen LogP contribution in [0.4, 0.5) is 4.79 Å². The fraction of sp³-hybridized carbons (Fsp3) is 0.565. The Hall–Kier alpha value is -1.86. The largest absolute Gasteiger partial charge is 0.331 e. The number of nitrogens with zero attached hydrogens (tertiary/aromatic N) is 4. The summed E-state index contributed by atoms with van der Waals surface area (Å²) >= 11 is 3.51. The quantitative estimate of drug-likeness (QED) is 0.708. The molecular weight excluding hydrogens is 442 g/mol. The van der Waals surface area contributed by atoms with Crippen molar-refractivity contribution in [2.75, 3.05) is 26.2 Å². The first-order valence-electron chi connectivity index (χ1n) is 10.9. The molecule has 0 bridgehead atoms. The van der Waals surface area contributed by atoms with Crippen LogP contribution in [0.25, 0.3) is 0 Å². The number of carbonyl (C=O) groups is 1. The normalized spacial score (nSPS) is 18.9. The Labute approximate surface area is 187 Å². The molecule has 2 aliphatic rings. The summed E-state index contributed by atoms with van der Waals surface area (Å²) < 4.78 is 3.03. The van der Waals surface area contributed by atoms with Gasteiger partial charge in [0.05, 0.1) is 11.7 Å². The lowest BCUT2D eigenvalue weighted by Crippen LogP contribution is -2.52. The highest BCUT2D eigenvalue weighted by Gasteiger charge is 2.32. The third-order valence-corrected chi connectivity index (χ3v) is 7.36. The highest BCUT2D eigenvalue weighted by molar-refractivity contribution is 9.10. The molecule has 162 valence electrons. The molecule has 1 saturated carbocycles. The van der Waals surface area contributed by atoms with E-state index in [9.17, 15) is 4.79 Å². The lowest BCUT2D eigenvalue weighted by Gasteiger charge is -2.38. The van der Waals surface area contributed by atoms with Gasteiger partial charge < -0.3 is 10.2 Å². The summed E-state index contributed by atoms with van der Waals surface area (Å²) in [6, 6.07) is 8.57. The molecular formula is C23H32BrN5O. The first kappa shape index (κ1) is 21.4. The van der Waals surface area contributed by atoms with Gasteiger partial charge in [-0.1, -0.05) is 34.5 Å². The zero-order valence-electron chi connectivity index (χ0n) is 18.2. The zero-order chi connectivity index (χ0) is 21.3. The number of piperazine rings is 1. The number of amides is 2. The molecule has 0 radical (unpaired) electrons. The number of nitrogens with one attached hydrogen (secondary N) is 1. The molecule has 1 aromatic heterocycles. The number of benzene rings is 1. The van der Waals surface area contributed by atoms with Crippen LogP contribution in [0.2, 0.25) is 0 Å². The van der Waals surface area contributed by atoms with Gasteiger partial charge in [-0.05, 0) is 50.3 Å². The Bertz CT molecular complexity index is 882. The molecule has 2 fully saturated rings. The monoisotopic (exact) mass is 473 g/mol. The fourth-order valence-electron chi connectivity index (χ4n) is 4.52. The maximum absolute atomic E-state index is 13.0. The summed E-state index contributed by atoms with van der Waals surface area (Å²) in [6.45, 7) is 8.44. The maximum Gasteiger partial charge on any atom is 0.317 e. The average molecular weight is 474 g/mol. The van der Waals surface area contributed by atoms with Crippen LogP contribution >= 0.6 is 15.9 Å². The molecule has 1 aliphatic heterocycles. The second-order valence-corrected chi connectivity index (χ2v) is 9.62. The predicted molar refractivity (Wildman–Crippen MR) is 122 cm³/mol. The lowest BCUT2D eigenvalue weighted by molar-refractivity contribution is 0.127. The Balaban J connectivity index is 1.34. The maximum atomic E-state index is 13.0. The van der Waals surface area contributed by atoms with Crippen molar-refractivity contribution in [1.29, 1.82) is 0 Å². The smallest absolute Gasteiger partial charge is 0.317 e. The highest BCUT2D eigenvalue weighted by Crippen LogP contribution is 2.38. The molecule has 1 atom stereocenters. The van der Waals surface area contributed by atoms with Crippen molar-refractivity contribution < 1.29 is 4.79 Å². The minimum Gasteiger partial charge on any atom is -0.331 e. The van der Waals surface area contributed by atoms with Crippen molar-refractivity contribution in [3.8, 4) is 0 Å². The predicted octanol–water partition coefficient (Wildman–Crippen LogP) is 4.17. The molecule has 1 saturated heterocycles. The van der Waals surface area contributed by atoms with Gasteiger partial charge in [-0.25, -0.2) is 4.79 Å². The minimum atomic E-state index is 0.0724. The molecule has 1 aliphatic carbocycles. The Morgan fingerprint density at radius 1 is 1.17 bits per heavy atom. The van der Waals surface area contributed by atoms with Gasteiger partial charge in [-0.3, -0.25) is 9.58 Å². The summed E-state index contributed by atoms with van der Waals surface area (Å²) in [5.41, 5.74) is 4.85. The Kier molecular flexibility index (Phi) is 6.48. The van der Waals surface area contributed by atoms with Crippen LogP contribution in [-0.4, -0.2) is 51.8 Å². The molecule has 2 amide bonds. The molecule has 2 heterocycles. The SMILES string of the molecule is Cc1nn(C)c(C)c1CN1CCN(C(=O)NC(c2ccc(Br)cc2)C2CCC2)CC1. The fourth-order valence-corrected chi connectivity index (χ4v) is 4.78. The number of halogens is 1. The molecule has 0 spiro atoms. The number of rotatable bonds is 5. The van der Waals surface area contributed by atoms with Crippen LogP contribution in [0.1, 0.15) is 47.8 Å². The van der Waals surface area contributed by atoms with Gasteiger partial charge in [0.15, 0.2) is 0 Å². The van der Waals surface area contributed by atoms with E-state index in [1.165, 1.54) is 36.1 Å². The number of aromatic nitrogens is 2. The summed E-state index contributed by atoms with van der Waals surface area (Å²) in [7, 11) is 2.00. The zero-order valence-corrected chi connectivity index (χ0v) is 19.8. The third kappa shape index (κ3) is 4.57. The average Bonchev–Trinajstić information content (AvgIpc) is 2.93. The van der Waals surface area contributed by atoms with Crippen molar-refractivity contribution in [2.45, 2.75) is 45.7 Å². The molecule has 30 heavy (non-hydrogen) atoms. The number of hydrogen-bond acceptors (Lipinski definition) is 3. The van der Waals surface area contributed by atoms with Crippen molar-refractivity contribution in [3.05, 3.63) is 51.3 Å². The van der Waals surface area contributed by atoms with E-state index in [0.29, 0.717) is 5.92 Å². The minimum absolute atomic E-state index is 0.0724. The van der Waals surface area contributed by atoms with E-state index in [0.717, 1.165) is 42.9 Å². The summed E-state index contributed by atoms with van der Waals surface area (Å²) in [5.74, 6) is 0.549. The van der Waals surface area contributed by atoms with Crippen molar-refractivity contribution in [1.82, 2.24) is 24.9 Å². The van der Waals surface area contributed by atoms with Gasteiger partial charge in [0.1, 0.15) is 0 Å². The van der Waals surface area contributed by atoms with Gasteiger partial charge in [0, 0.05) is 55.5 Å². The Morgan fingerprint density at radius 3 is 2.37 bits per heavy atom. The number of hydrogen-bond donors (Lipinski definition) is 1. The molecule has 1 unspecified atom stereocenters. The topological polar surface area (TPSA) is 53.4 Å². The van der Waals surface area contributed by atoms with E-state index in [2.05, 4.69) is 69.4 Å². The number of carbonyl (C=O) groups excluding carboxylic acids is 1. The summed E-state index contributed by atoms with van der Waals surface area (Å²) in [5, 5.41) is 7.88. The molecule has 4 rings (SSSR count). The lowest BCUT2D eigenvalue weighted by atomic mass is 9.77. The summed E-state index contributed by atoms with van der Waals surface area (Å²) in [4.78, 5) is 17.4.